The Morgan fingerprint density at radius 2 is 1.46 bits per heavy atom. The number of para-hydroxylation sites is 1. The van der Waals surface area contributed by atoms with E-state index in [0.29, 0.717) is 0 Å². The highest BCUT2D eigenvalue weighted by Crippen LogP contribution is 2.29. The van der Waals surface area contributed by atoms with E-state index < -0.39 is 0 Å². The molecule has 0 bridgehead atoms. The molecule has 0 fully saturated rings. The van der Waals surface area contributed by atoms with Crippen molar-refractivity contribution in [3.8, 4) is 22.6 Å². The molecule has 0 amide bonds. The smallest absolute Gasteiger partial charge is 0.161 e. The molecular formula is C22H14ClN3. The van der Waals surface area contributed by atoms with Crippen LogP contribution in [0.4, 0.5) is 0 Å². The number of fused-ring (bicyclic) bond motifs is 3. The van der Waals surface area contributed by atoms with Gasteiger partial charge in [0.15, 0.2) is 5.82 Å². The van der Waals surface area contributed by atoms with Crippen molar-refractivity contribution in [2.75, 3.05) is 0 Å². The third-order valence-corrected chi connectivity index (χ3v) is 4.74. The molecule has 2 aromatic heterocycles. The van der Waals surface area contributed by atoms with Crippen molar-refractivity contribution in [2.45, 2.75) is 0 Å². The molecule has 5 rings (SSSR count). The largest absolute Gasteiger partial charge is 0.228 e. The van der Waals surface area contributed by atoms with Crippen molar-refractivity contribution in [3.63, 3.8) is 0 Å². The lowest BCUT2D eigenvalue weighted by Gasteiger charge is -2.07. The number of nitrogens with zero attached hydrogens (tertiary/aromatic N) is 3. The van der Waals surface area contributed by atoms with Crippen LogP contribution in [0.3, 0.4) is 0 Å². The zero-order chi connectivity index (χ0) is 17.5. The second-order valence-electron chi connectivity index (χ2n) is 6.15. The van der Waals surface area contributed by atoms with Gasteiger partial charge in [-0.1, -0.05) is 72.3 Å². The van der Waals surface area contributed by atoms with Crippen molar-refractivity contribution in [3.05, 3.63) is 90.0 Å². The van der Waals surface area contributed by atoms with Crippen molar-refractivity contribution in [2.24, 2.45) is 0 Å². The molecule has 0 unspecified atom stereocenters. The number of rotatable bonds is 2. The topological polar surface area (TPSA) is 30.2 Å². The van der Waals surface area contributed by atoms with Gasteiger partial charge in [0.25, 0.3) is 0 Å². The highest BCUT2D eigenvalue weighted by atomic mass is 35.5. The SMILES string of the molecule is Clc1ccc(-c2cc3c4ccccc4nc(-c4ccccc4)n3n2)cc1. The molecule has 0 spiro atoms. The molecule has 3 aromatic carbocycles. The molecular weight excluding hydrogens is 342 g/mol. The van der Waals surface area contributed by atoms with Gasteiger partial charge in [-0.15, -0.1) is 0 Å². The molecule has 26 heavy (non-hydrogen) atoms. The van der Waals surface area contributed by atoms with Gasteiger partial charge in [-0.25, -0.2) is 9.50 Å². The monoisotopic (exact) mass is 355 g/mol. The summed E-state index contributed by atoms with van der Waals surface area (Å²) in [6, 6.07) is 28.2. The van der Waals surface area contributed by atoms with Gasteiger partial charge in [-0.2, -0.15) is 5.10 Å². The maximum absolute atomic E-state index is 6.03. The van der Waals surface area contributed by atoms with Crippen molar-refractivity contribution < 1.29 is 0 Å². The molecule has 0 N–H and O–H groups in total. The van der Waals surface area contributed by atoms with Gasteiger partial charge in [0.2, 0.25) is 0 Å². The van der Waals surface area contributed by atoms with E-state index in [9.17, 15) is 0 Å². The highest BCUT2D eigenvalue weighted by molar-refractivity contribution is 6.30. The number of hydrogen-bond acceptors (Lipinski definition) is 2. The highest BCUT2D eigenvalue weighted by Gasteiger charge is 2.14. The molecule has 0 aliphatic heterocycles. The molecule has 0 aliphatic rings. The summed E-state index contributed by atoms with van der Waals surface area (Å²) < 4.78 is 1.93. The zero-order valence-corrected chi connectivity index (χ0v) is 14.6. The normalized spacial score (nSPS) is 11.3. The Morgan fingerprint density at radius 1 is 0.731 bits per heavy atom. The van der Waals surface area contributed by atoms with Gasteiger partial charge in [0, 0.05) is 21.5 Å². The zero-order valence-electron chi connectivity index (χ0n) is 13.8. The fraction of sp³-hybridized carbons (Fsp3) is 0. The molecule has 0 aliphatic carbocycles. The number of hydrogen-bond donors (Lipinski definition) is 0. The summed E-state index contributed by atoms with van der Waals surface area (Å²) in [7, 11) is 0. The minimum Gasteiger partial charge on any atom is -0.228 e. The lowest BCUT2D eigenvalue weighted by molar-refractivity contribution is 0.949. The van der Waals surface area contributed by atoms with Gasteiger partial charge in [0.1, 0.15) is 0 Å². The minimum atomic E-state index is 0.717. The molecule has 5 aromatic rings. The fourth-order valence-electron chi connectivity index (χ4n) is 3.22. The van der Waals surface area contributed by atoms with Crippen LogP contribution < -0.4 is 0 Å². The second-order valence-corrected chi connectivity index (χ2v) is 6.59. The molecule has 2 heterocycles. The van der Waals surface area contributed by atoms with Crippen LogP contribution in [0.2, 0.25) is 5.02 Å². The Morgan fingerprint density at radius 3 is 2.27 bits per heavy atom. The van der Waals surface area contributed by atoms with Crippen LogP contribution in [-0.4, -0.2) is 14.6 Å². The van der Waals surface area contributed by atoms with Crippen molar-refractivity contribution >= 4 is 28.0 Å². The summed E-state index contributed by atoms with van der Waals surface area (Å²) in [5.74, 6) is 0.833. The van der Waals surface area contributed by atoms with Crippen LogP contribution in [0, 0.1) is 0 Å². The van der Waals surface area contributed by atoms with Crippen LogP contribution in [0.25, 0.3) is 39.1 Å². The molecule has 124 valence electrons. The third kappa shape index (κ3) is 2.45. The van der Waals surface area contributed by atoms with Crippen molar-refractivity contribution in [1.82, 2.24) is 14.6 Å². The van der Waals surface area contributed by atoms with Gasteiger partial charge in [0.05, 0.1) is 16.7 Å². The van der Waals surface area contributed by atoms with Crippen molar-refractivity contribution in [1.29, 1.82) is 0 Å². The van der Waals surface area contributed by atoms with Crippen LogP contribution in [0.5, 0.6) is 0 Å². The number of benzene rings is 3. The van der Waals surface area contributed by atoms with E-state index in [1.807, 2.05) is 65.2 Å². The average molecular weight is 356 g/mol. The molecule has 0 saturated carbocycles. The first-order valence-electron chi connectivity index (χ1n) is 8.39. The number of aromatic nitrogens is 3. The lowest BCUT2D eigenvalue weighted by Crippen LogP contribution is -1.99. The fourth-order valence-corrected chi connectivity index (χ4v) is 3.35. The summed E-state index contributed by atoms with van der Waals surface area (Å²) in [6.45, 7) is 0. The van der Waals surface area contributed by atoms with Gasteiger partial charge >= 0.3 is 0 Å². The van der Waals surface area contributed by atoms with E-state index in [2.05, 4.69) is 24.3 Å². The van der Waals surface area contributed by atoms with E-state index in [4.69, 9.17) is 21.7 Å². The predicted octanol–water partition coefficient (Wildman–Crippen LogP) is 5.87. The Kier molecular flexibility index (Phi) is 3.47. The summed E-state index contributed by atoms with van der Waals surface area (Å²) in [5.41, 5.74) is 4.97. The van der Waals surface area contributed by atoms with Crippen LogP contribution in [0.1, 0.15) is 0 Å². The Balaban J connectivity index is 1.84. The molecule has 0 atom stereocenters. The maximum Gasteiger partial charge on any atom is 0.161 e. The quantitative estimate of drug-likeness (QED) is 0.396. The summed E-state index contributed by atoms with van der Waals surface area (Å²) in [6.07, 6.45) is 0. The summed E-state index contributed by atoms with van der Waals surface area (Å²) >= 11 is 6.03. The third-order valence-electron chi connectivity index (χ3n) is 4.49. The van der Waals surface area contributed by atoms with E-state index in [1.165, 1.54) is 0 Å². The summed E-state index contributed by atoms with van der Waals surface area (Å²) in [4.78, 5) is 4.87. The molecule has 3 nitrogen and oxygen atoms in total. The molecule has 0 saturated heterocycles. The van der Waals surface area contributed by atoms with E-state index >= 15 is 0 Å². The summed E-state index contributed by atoms with van der Waals surface area (Å²) in [5, 5.41) is 6.65. The van der Waals surface area contributed by atoms with E-state index in [-0.39, 0.29) is 0 Å². The van der Waals surface area contributed by atoms with Crippen LogP contribution in [0.15, 0.2) is 84.9 Å². The Bertz CT molecular complexity index is 1230. The van der Waals surface area contributed by atoms with Gasteiger partial charge in [-0.05, 0) is 24.3 Å². The lowest BCUT2D eigenvalue weighted by atomic mass is 10.1. The average Bonchev–Trinajstić information content (AvgIpc) is 3.14. The van der Waals surface area contributed by atoms with Crippen LogP contribution in [-0.2, 0) is 0 Å². The number of halogens is 1. The first kappa shape index (κ1) is 15.1. The minimum absolute atomic E-state index is 0.717. The van der Waals surface area contributed by atoms with Gasteiger partial charge < -0.3 is 0 Å². The maximum atomic E-state index is 6.03. The first-order valence-corrected chi connectivity index (χ1v) is 8.77. The van der Waals surface area contributed by atoms with Crippen LogP contribution >= 0.6 is 11.6 Å². The molecule has 4 heteroatoms. The molecule has 0 radical (unpaired) electrons. The predicted molar refractivity (Wildman–Crippen MR) is 106 cm³/mol. The standard InChI is InChI=1S/C22H14ClN3/c23-17-12-10-15(11-13-17)20-14-21-18-8-4-5-9-19(18)24-22(26(21)25-20)16-6-2-1-3-7-16/h1-14H. The second kappa shape index (κ2) is 5.97. The van der Waals surface area contributed by atoms with E-state index in [0.717, 1.165) is 44.1 Å². The first-order chi connectivity index (χ1) is 12.8. The van der Waals surface area contributed by atoms with E-state index in [1.54, 1.807) is 0 Å². The van der Waals surface area contributed by atoms with Gasteiger partial charge in [-0.3, -0.25) is 0 Å². The Labute approximate surface area is 155 Å². The Hall–Kier alpha value is -3.17.